The predicted octanol–water partition coefficient (Wildman–Crippen LogP) is -3.57. The summed E-state index contributed by atoms with van der Waals surface area (Å²) in [6.45, 7) is 0.294. The number of carboxylic acids is 1. The monoisotopic (exact) mass is 336 g/mol. The van der Waals surface area contributed by atoms with Gasteiger partial charge in [0.05, 0.1) is 12.6 Å². The highest BCUT2D eigenvalue weighted by Crippen LogP contribution is 1.90. The molecule has 0 aromatic heterocycles. The van der Waals surface area contributed by atoms with Gasteiger partial charge in [0.1, 0.15) is 18.6 Å². The van der Waals surface area contributed by atoms with Crippen LogP contribution < -0.4 is 21.7 Å². The Morgan fingerprint density at radius 1 is 1.14 bits per heavy atom. The van der Waals surface area contributed by atoms with Gasteiger partial charge >= 0.3 is 5.97 Å². The topological polar surface area (TPSA) is 171 Å². The third kappa shape index (κ3) is 7.81. The van der Waals surface area contributed by atoms with Crippen LogP contribution in [0.15, 0.2) is 0 Å². The van der Waals surface area contributed by atoms with Crippen molar-refractivity contribution in [2.45, 2.75) is 25.1 Å². The number of aliphatic hydroxyl groups excluding tert-OH is 1. The lowest BCUT2D eigenvalue weighted by Gasteiger charge is -2.17. The van der Waals surface area contributed by atoms with Gasteiger partial charge < -0.3 is 31.9 Å². The molecule has 3 unspecified atom stereocenters. The minimum absolute atomic E-state index is 0.0572. The third-order valence-corrected chi connectivity index (χ3v) is 2.86. The number of carbonyl (C=O) groups is 4. The van der Waals surface area contributed by atoms with E-state index in [-0.39, 0.29) is 5.75 Å². The molecule has 0 aliphatic rings. The van der Waals surface area contributed by atoms with Gasteiger partial charge in [-0.05, 0) is 6.92 Å². The van der Waals surface area contributed by atoms with Gasteiger partial charge in [-0.2, -0.15) is 12.6 Å². The molecular weight excluding hydrogens is 316 g/mol. The average Bonchev–Trinajstić information content (AvgIpc) is 2.46. The first-order valence-electron chi connectivity index (χ1n) is 6.30. The molecule has 0 aliphatic carbocycles. The minimum atomic E-state index is -1.23. The van der Waals surface area contributed by atoms with Crippen LogP contribution in [0.2, 0.25) is 0 Å². The summed E-state index contributed by atoms with van der Waals surface area (Å²) < 4.78 is 0. The number of aliphatic carboxylic acids is 1. The fraction of sp³-hybridized carbons (Fsp3) is 0.636. The SMILES string of the molecule is CC(O)C(N)C(=O)NCC(=O)NC(CS)C(=O)NCC(=O)O. The fourth-order valence-electron chi connectivity index (χ4n) is 1.23. The number of nitrogens with one attached hydrogen (secondary N) is 3. The molecule has 0 aromatic rings. The molecule has 126 valence electrons. The van der Waals surface area contributed by atoms with Crippen LogP contribution in [0, 0.1) is 0 Å². The summed E-state index contributed by atoms with van der Waals surface area (Å²) in [5.74, 6) is -3.40. The maximum Gasteiger partial charge on any atom is 0.322 e. The van der Waals surface area contributed by atoms with E-state index in [1.54, 1.807) is 0 Å². The van der Waals surface area contributed by atoms with E-state index in [9.17, 15) is 19.2 Å². The zero-order valence-electron chi connectivity index (χ0n) is 11.9. The second kappa shape index (κ2) is 9.97. The number of amides is 3. The normalized spacial score (nSPS) is 14.4. The zero-order valence-corrected chi connectivity index (χ0v) is 12.8. The third-order valence-electron chi connectivity index (χ3n) is 2.49. The number of thiol groups is 1. The maximum absolute atomic E-state index is 11.6. The van der Waals surface area contributed by atoms with Crippen molar-refractivity contribution in [1.82, 2.24) is 16.0 Å². The second-order valence-electron chi connectivity index (χ2n) is 4.40. The van der Waals surface area contributed by atoms with Gasteiger partial charge in [0.25, 0.3) is 0 Å². The Balaban J connectivity index is 4.29. The number of hydrogen-bond acceptors (Lipinski definition) is 7. The summed E-state index contributed by atoms with van der Waals surface area (Å²) in [5, 5.41) is 24.1. The summed E-state index contributed by atoms with van der Waals surface area (Å²) in [6.07, 6.45) is -1.07. The zero-order chi connectivity index (χ0) is 17.3. The molecule has 3 atom stereocenters. The molecule has 11 heteroatoms. The molecule has 0 saturated heterocycles. The van der Waals surface area contributed by atoms with Crippen molar-refractivity contribution >= 4 is 36.3 Å². The van der Waals surface area contributed by atoms with E-state index in [4.69, 9.17) is 15.9 Å². The molecule has 0 heterocycles. The molecule has 7 N–H and O–H groups in total. The lowest BCUT2D eigenvalue weighted by Crippen LogP contribution is -2.53. The fourth-order valence-corrected chi connectivity index (χ4v) is 1.49. The Labute approximate surface area is 132 Å². The smallest absolute Gasteiger partial charge is 0.322 e. The van der Waals surface area contributed by atoms with Crippen LogP contribution >= 0.6 is 12.6 Å². The van der Waals surface area contributed by atoms with Gasteiger partial charge in [0.2, 0.25) is 17.7 Å². The van der Waals surface area contributed by atoms with Crippen molar-refractivity contribution in [3.05, 3.63) is 0 Å². The number of nitrogens with two attached hydrogens (primary N) is 1. The van der Waals surface area contributed by atoms with Crippen LogP contribution in [-0.4, -0.2) is 70.9 Å². The van der Waals surface area contributed by atoms with Gasteiger partial charge in [0.15, 0.2) is 0 Å². The van der Waals surface area contributed by atoms with Crippen molar-refractivity contribution in [3.63, 3.8) is 0 Å². The van der Waals surface area contributed by atoms with E-state index in [1.807, 2.05) is 0 Å². The standard InChI is InChI=1S/C11H20N4O6S/c1-5(16)9(12)11(21)13-2-7(17)15-6(4-22)10(20)14-3-8(18)19/h5-6,9,16,22H,2-4,12H2,1H3,(H,13,21)(H,14,20)(H,15,17)(H,18,19). The largest absolute Gasteiger partial charge is 0.480 e. The average molecular weight is 336 g/mol. The summed E-state index contributed by atoms with van der Waals surface area (Å²) in [6, 6.07) is -2.22. The van der Waals surface area contributed by atoms with Crippen molar-refractivity contribution in [3.8, 4) is 0 Å². The van der Waals surface area contributed by atoms with Crippen LogP contribution in [0.3, 0.4) is 0 Å². The summed E-state index contributed by atoms with van der Waals surface area (Å²) in [4.78, 5) is 44.9. The highest BCUT2D eigenvalue weighted by Gasteiger charge is 2.22. The predicted molar refractivity (Wildman–Crippen MR) is 79.1 cm³/mol. The van der Waals surface area contributed by atoms with Crippen molar-refractivity contribution in [2.75, 3.05) is 18.8 Å². The van der Waals surface area contributed by atoms with Crippen molar-refractivity contribution in [2.24, 2.45) is 5.73 Å². The quantitative estimate of drug-likeness (QED) is 0.213. The van der Waals surface area contributed by atoms with Crippen LogP contribution in [-0.2, 0) is 19.2 Å². The molecule has 0 aliphatic heterocycles. The second-order valence-corrected chi connectivity index (χ2v) is 4.76. The van der Waals surface area contributed by atoms with Crippen molar-refractivity contribution < 1.29 is 29.4 Å². The number of aliphatic hydroxyl groups is 1. The Morgan fingerprint density at radius 2 is 1.68 bits per heavy atom. The molecular formula is C11H20N4O6S. The number of hydrogen-bond donors (Lipinski definition) is 7. The van der Waals surface area contributed by atoms with E-state index in [0.717, 1.165) is 0 Å². The Kier molecular flexibility index (Phi) is 9.13. The molecule has 10 nitrogen and oxygen atoms in total. The highest BCUT2D eigenvalue weighted by atomic mass is 32.1. The van der Waals surface area contributed by atoms with Gasteiger partial charge in [-0.1, -0.05) is 0 Å². The highest BCUT2D eigenvalue weighted by molar-refractivity contribution is 7.80. The van der Waals surface area contributed by atoms with Crippen LogP contribution in [0.5, 0.6) is 0 Å². The molecule has 0 rings (SSSR count). The van der Waals surface area contributed by atoms with Crippen LogP contribution in [0.1, 0.15) is 6.92 Å². The molecule has 0 spiro atoms. The number of carboxylic acid groups (broad SMARTS) is 1. The van der Waals surface area contributed by atoms with E-state index >= 15 is 0 Å². The van der Waals surface area contributed by atoms with Crippen molar-refractivity contribution in [1.29, 1.82) is 0 Å². The first-order chi connectivity index (χ1) is 10.2. The minimum Gasteiger partial charge on any atom is -0.480 e. The van der Waals surface area contributed by atoms with Gasteiger partial charge in [-0.25, -0.2) is 0 Å². The molecule has 0 fully saturated rings. The molecule has 0 saturated carbocycles. The Morgan fingerprint density at radius 3 is 2.14 bits per heavy atom. The van der Waals surface area contributed by atoms with Crippen LogP contribution in [0.4, 0.5) is 0 Å². The van der Waals surface area contributed by atoms with Gasteiger partial charge in [-0.3, -0.25) is 19.2 Å². The van der Waals surface area contributed by atoms with Crippen LogP contribution in [0.25, 0.3) is 0 Å². The number of rotatable bonds is 9. The van der Waals surface area contributed by atoms with Gasteiger partial charge in [-0.15, -0.1) is 0 Å². The molecule has 3 amide bonds. The lowest BCUT2D eigenvalue weighted by atomic mass is 10.2. The number of carbonyl (C=O) groups excluding carboxylic acids is 3. The lowest BCUT2D eigenvalue weighted by molar-refractivity contribution is -0.138. The summed E-state index contributed by atoms with van der Waals surface area (Å²) >= 11 is 3.88. The summed E-state index contributed by atoms with van der Waals surface area (Å²) in [5.41, 5.74) is 5.36. The summed E-state index contributed by atoms with van der Waals surface area (Å²) in [7, 11) is 0. The molecule has 0 radical (unpaired) electrons. The first kappa shape index (κ1) is 20.1. The molecule has 22 heavy (non-hydrogen) atoms. The van der Waals surface area contributed by atoms with E-state index in [2.05, 4.69) is 28.6 Å². The Hall–Kier alpha value is -1.85. The first-order valence-corrected chi connectivity index (χ1v) is 6.93. The molecule has 0 bridgehead atoms. The maximum atomic E-state index is 11.6. The van der Waals surface area contributed by atoms with Gasteiger partial charge in [0, 0.05) is 5.75 Å². The van der Waals surface area contributed by atoms with E-state index < -0.39 is 55.0 Å². The van der Waals surface area contributed by atoms with E-state index in [1.165, 1.54) is 6.92 Å². The van der Waals surface area contributed by atoms with E-state index in [0.29, 0.717) is 0 Å². The molecule has 0 aromatic carbocycles. The Bertz CT molecular complexity index is 431.